The van der Waals surface area contributed by atoms with Gasteiger partial charge in [-0.05, 0) is 20.8 Å². The van der Waals surface area contributed by atoms with Gasteiger partial charge in [-0.3, -0.25) is 4.79 Å². The Morgan fingerprint density at radius 2 is 1.69 bits per heavy atom. The maximum atomic E-state index is 11.3. The van der Waals surface area contributed by atoms with Crippen LogP contribution in [0.2, 0.25) is 0 Å². The summed E-state index contributed by atoms with van der Waals surface area (Å²) in [5, 5.41) is 0. The molecule has 1 rings (SSSR count). The average Bonchev–Trinajstić information content (AvgIpc) is 2.09. The van der Waals surface area contributed by atoms with Gasteiger partial charge in [0.2, 0.25) is 0 Å². The largest absolute Gasteiger partial charge is 0.468 e. The Morgan fingerprint density at radius 3 is 2.08 bits per heavy atom. The van der Waals surface area contributed by atoms with Crippen molar-refractivity contribution in [2.45, 2.75) is 26.6 Å². The molecule has 1 heterocycles. The summed E-state index contributed by atoms with van der Waals surface area (Å²) in [5.41, 5.74) is -0.662. The fourth-order valence-electron chi connectivity index (χ4n) is 1.11. The fourth-order valence-corrected chi connectivity index (χ4v) is 1.11. The van der Waals surface area contributed by atoms with Gasteiger partial charge < -0.3 is 14.2 Å². The van der Waals surface area contributed by atoms with Crippen molar-refractivity contribution in [3.63, 3.8) is 0 Å². The van der Waals surface area contributed by atoms with Gasteiger partial charge in [0.15, 0.2) is 5.79 Å². The van der Waals surface area contributed by atoms with Gasteiger partial charge in [0.05, 0.1) is 20.3 Å². The van der Waals surface area contributed by atoms with Crippen LogP contribution in [-0.2, 0) is 19.0 Å². The number of methoxy groups -OCH3 is 1. The van der Waals surface area contributed by atoms with Gasteiger partial charge in [-0.2, -0.15) is 0 Å². The third-order valence-electron chi connectivity index (χ3n) is 2.15. The molecule has 0 aromatic carbocycles. The summed E-state index contributed by atoms with van der Waals surface area (Å²) in [6.07, 6.45) is 0. The van der Waals surface area contributed by atoms with Gasteiger partial charge in [0.25, 0.3) is 0 Å². The zero-order valence-electron chi connectivity index (χ0n) is 8.55. The third-order valence-corrected chi connectivity index (χ3v) is 2.15. The lowest BCUT2D eigenvalue weighted by Gasteiger charge is -2.39. The second-order valence-corrected chi connectivity index (χ2v) is 4.03. The number of carbonyl (C=O) groups excluding carboxylic acids is 1. The summed E-state index contributed by atoms with van der Waals surface area (Å²) >= 11 is 0. The molecular formula is C9H16O4. The summed E-state index contributed by atoms with van der Waals surface area (Å²) in [4.78, 5) is 11.3. The van der Waals surface area contributed by atoms with Crippen LogP contribution >= 0.6 is 0 Å². The van der Waals surface area contributed by atoms with Crippen molar-refractivity contribution < 1.29 is 19.0 Å². The maximum Gasteiger partial charge on any atom is 0.316 e. The Labute approximate surface area is 78.2 Å². The van der Waals surface area contributed by atoms with E-state index in [-0.39, 0.29) is 5.97 Å². The van der Waals surface area contributed by atoms with Crippen LogP contribution in [0.3, 0.4) is 0 Å². The molecule has 0 amide bonds. The van der Waals surface area contributed by atoms with Crippen molar-refractivity contribution >= 4 is 5.97 Å². The topological polar surface area (TPSA) is 44.8 Å². The molecule has 1 aliphatic rings. The van der Waals surface area contributed by atoms with Gasteiger partial charge in [0, 0.05) is 0 Å². The first-order valence-corrected chi connectivity index (χ1v) is 4.26. The zero-order valence-corrected chi connectivity index (χ0v) is 8.55. The lowest BCUT2D eigenvalue weighted by molar-refractivity contribution is -0.281. The Kier molecular flexibility index (Phi) is 2.63. The Hall–Kier alpha value is -0.610. The van der Waals surface area contributed by atoms with Gasteiger partial charge in [-0.1, -0.05) is 0 Å². The molecule has 0 spiro atoms. The maximum absolute atomic E-state index is 11.3. The van der Waals surface area contributed by atoms with Crippen LogP contribution in [0.1, 0.15) is 20.8 Å². The van der Waals surface area contributed by atoms with Gasteiger partial charge in [0.1, 0.15) is 5.41 Å². The van der Waals surface area contributed by atoms with Crippen LogP contribution in [-0.4, -0.2) is 32.1 Å². The van der Waals surface area contributed by atoms with E-state index in [9.17, 15) is 4.79 Å². The minimum Gasteiger partial charge on any atom is -0.468 e. The summed E-state index contributed by atoms with van der Waals surface area (Å²) in [6.45, 7) is 6.10. The van der Waals surface area contributed by atoms with Gasteiger partial charge in [-0.15, -0.1) is 0 Å². The summed E-state index contributed by atoms with van der Waals surface area (Å²) in [5.74, 6) is -0.879. The Bertz CT molecular complexity index is 200. The summed E-state index contributed by atoms with van der Waals surface area (Å²) in [7, 11) is 1.37. The number of esters is 1. The average molecular weight is 188 g/mol. The number of carbonyl (C=O) groups is 1. The van der Waals surface area contributed by atoms with E-state index in [1.165, 1.54) is 7.11 Å². The fraction of sp³-hybridized carbons (Fsp3) is 0.889. The van der Waals surface area contributed by atoms with Crippen molar-refractivity contribution in [3.05, 3.63) is 0 Å². The molecule has 0 atom stereocenters. The first kappa shape index (κ1) is 10.5. The normalized spacial score (nSPS) is 25.2. The van der Waals surface area contributed by atoms with E-state index in [4.69, 9.17) is 9.47 Å². The molecule has 1 aliphatic heterocycles. The lowest BCUT2D eigenvalue weighted by atomic mass is 9.92. The number of hydrogen-bond acceptors (Lipinski definition) is 4. The standard InChI is InChI=1S/C9H16O4/c1-8(2)12-5-9(3,6-13-8)7(10)11-4/h5-6H2,1-4H3. The van der Waals surface area contributed by atoms with E-state index in [0.717, 1.165) is 0 Å². The minimum absolute atomic E-state index is 0.289. The van der Waals surface area contributed by atoms with Crippen LogP contribution in [0, 0.1) is 5.41 Å². The predicted molar refractivity (Wildman–Crippen MR) is 46.1 cm³/mol. The molecule has 76 valence electrons. The van der Waals surface area contributed by atoms with Crippen molar-refractivity contribution in [2.24, 2.45) is 5.41 Å². The SMILES string of the molecule is COC(=O)C1(C)COC(C)(C)OC1. The van der Waals surface area contributed by atoms with E-state index >= 15 is 0 Å². The molecule has 0 N–H and O–H groups in total. The quantitative estimate of drug-likeness (QED) is 0.575. The minimum atomic E-state index is -0.662. The molecule has 0 saturated carbocycles. The molecule has 4 heteroatoms. The van der Waals surface area contributed by atoms with Crippen LogP contribution in [0.15, 0.2) is 0 Å². The summed E-state index contributed by atoms with van der Waals surface area (Å²) < 4.78 is 15.4. The van der Waals surface area contributed by atoms with Crippen molar-refractivity contribution in [2.75, 3.05) is 20.3 Å². The molecule has 1 fully saturated rings. The van der Waals surface area contributed by atoms with Crippen LogP contribution in [0.5, 0.6) is 0 Å². The zero-order chi connectivity index (χ0) is 10.1. The molecular weight excluding hydrogens is 172 g/mol. The van der Waals surface area contributed by atoms with Crippen LogP contribution < -0.4 is 0 Å². The number of hydrogen-bond donors (Lipinski definition) is 0. The molecule has 0 radical (unpaired) electrons. The number of rotatable bonds is 1. The molecule has 0 aromatic rings. The van der Waals surface area contributed by atoms with E-state index in [2.05, 4.69) is 4.74 Å². The highest BCUT2D eigenvalue weighted by atomic mass is 16.7. The highest BCUT2D eigenvalue weighted by molar-refractivity contribution is 5.76. The van der Waals surface area contributed by atoms with E-state index in [1.54, 1.807) is 6.92 Å². The molecule has 1 saturated heterocycles. The van der Waals surface area contributed by atoms with E-state index < -0.39 is 11.2 Å². The van der Waals surface area contributed by atoms with Crippen LogP contribution in [0.25, 0.3) is 0 Å². The lowest BCUT2D eigenvalue weighted by Crippen LogP contribution is -2.49. The summed E-state index contributed by atoms with van der Waals surface area (Å²) in [6, 6.07) is 0. The molecule has 0 aromatic heterocycles. The van der Waals surface area contributed by atoms with Gasteiger partial charge >= 0.3 is 5.97 Å². The molecule has 0 aliphatic carbocycles. The smallest absolute Gasteiger partial charge is 0.316 e. The molecule has 0 unspecified atom stereocenters. The predicted octanol–water partition coefficient (Wildman–Crippen LogP) is 0.949. The highest BCUT2D eigenvalue weighted by Gasteiger charge is 2.42. The van der Waals surface area contributed by atoms with Crippen LogP contribution in [0.4, 0.5) is 0 Å². The third kappa shape index (κ3) is 2.19. The van der Waals surface area contributed by atoms with Crippen molar-refractivity contribution in [1.29, 1.82) is 0 Å². The second kappa shape index (κ2) is 3.27. The molecule has 0 bridgehead atoms. The van der Waals surface area contributed by atoms with Crippen molar-refractivity contribution in [3.8, 4) is 0 Å². The number of ether oxygens (including phenoxy) is 3. The van der Waals surface area contributed by atoms with E-state index in [0.29, 0.717) is 13.2 Å². The van der Waals surface area contributed by atoms with E-state index in [1.807, 2.05) is 13.8 Å². The molecule has 13 heavy (non-hydrogen) atoms. The first-order valence-electron chi connectivity index (χ1n) is 4.26. The second-order valence-electron chi connectivity index (χ2n) is 4.03. The van der Waals surface area contributed by atoms with Gasteiger partial charge in [-0.25, -0.2) is 0 Å². The highest BCUT2D eigenvalue weighted by Crippen LogP contribution is 2.30. The Balaban J connectivity index is 2.61. The first-order chi connectivity index (χ1) is 5.90. The molecule has 4 nitrogen and oxygen atoms in total. The Morgan fingerprint density at radius 1 is 1.23 bits per heavy atom. The monoisotopic (exact) mass is 188 g/mol. The van der Waals surface area contributed by atoms with Crippen molar-refractivity contribution in [1.82, 2.24) is 0 Å².